The average molecular weight is 191 g/mol. The lowest BCUT2D eigenvalue weighted by molar-refractivity contribution is 0.152. The predicted octanol–water partition coefficient (Wildman–Crippen LogP) is 2.20. The number of hydrogen-bond acceptors (Lipinski definition) is 2. The molecule has 1 rings (SSSR count). The predicted molar refractivity (Wildman–Crippen MR) is 53.4 cm³/mol. The average Bonchev–Trinajstić information content (AvgIpc) is 2.20. The van der Waals surface area contributed by atoms with Gasteiger partial charge in [0.1, 0.15) is 12.4 Å². The summed E-state index contributed by atoms with van der Waals surface area (Å²) in [6.07, 6.45) is 6.82. The van der Waals surface area contributed by atoms with Crippen molar-refractivity contribution in [3.63, 3.8) is 0 Å². The molecule has 0 saturated heterocycles. The number of nitrogens with zero attached hydrogens (tertiary/aromatic N) is 1. The molecule has 0 N–H and O–H groups in total. The van der Waals surface area contributed by atoms with E-state index in [1.807, 2.05) is 0 Å². The first-order chi connectivity index (χ1) is 6.84. The van der Waals surface area contributed by atoms with E-state index in [4.69, 9.17) is 11.3 Å². The number of hydrogen-bond donors (Lipinski definition) is 0. The van der Waals surface area contributed by atoms with Crippen LogP contribution in [0.5, 0.6) is 0 Å². The summed E-state index contributed by atoms with van der Waals surface area (Å²) in [5, 5.41) is 3.58. The quantitative estimate of drug-likeness (QED) is 0.309. The molecular formula is C11H10FNO. The molecule has 1 aromatic rings. The van der Waals surface area contributed by atoms with E-state index in [1.165, 1.54) is 12.3 Å². The van der Waals surface area contributed by atoms with Crippen molar-refractivity contribution in [3.05, 3.63) is 35.6 Å². The topological polar surface area (TPSA) is 21.6 Å². The molecule has 0 aliphatic rings. The van der Waals surface area contributed by atoms with Crippen LogP contribution < -0.4 is 0 Å². The lowest BCUT2D eigenvalue weighted by Crippen LogP contribution is -1.90. The molecule has 0 bridgehead atoms. The first-order valence-corrected chi connectivity index (χ1v) is 4.18. The molecular weight excluding hydrogens is 181 g/mol. The Balaban J connectivity index is 2.45. The maximum Gasteiger partial charge on any atom is 0.132 e. The zero-order valence-electron chi connectivity index (χ0n) is 7.61. The van der Waals surface area contributed by atoms with Crippen molar-refractivity contribution in [2.45, 2.75) is 6.42 Å². The van der Waals surface area contributed by atoms with Crippen LogP contribution in [-0.4, -0.2) is 12.8 Å². The maximum absolute atomic E-state index is 13.0. The molecule has 0 unspecified atom stereocenters. The third-order valence-corrected chi connectivity index (χ3v) is 1.51. The van der Waals surface area contributed by atoms with Gasteiger partial charge in [-0.05, 0) is 6.07 Å². The van der Waals surface area contributed by atoms with E-state index < -0.39 is 0 Å². The summed E-state index contributed by atoms with van der Waals surface area (Å²) in [6, 6.07) is 6.32. The molecule has 0 amide bonds. The van der Waals surface area contributed by atoms with E-state index in [0.29, 0.717) is 18.6 Å². The Kier molecular flexibility index (Phi) is 4.22. The van der Waals surface area contributed by atoms with Crippen LogP contribution in [0.25, 0.3) is 0 Å². The van der Waals surface area contributed by atoms with Gasteiger partial charge >= 0.3 is 0 Å². The Labute approximate surface area is 82.4 Å². The highest BCUT2D eigenvalue weighted by Crippen LogP contribution is 2.02. The fraction of sp³-hybridized carbons (Fsp3) is 0.182. The van der Waals surface area contributed by atoms with Gasteiger partial charge in [-0.25, -0.2) is 4.39 Å². The summed E-state index contributed by atoms with van der Waals surface area (Å²) in [5.74, 6) is 2.08. The monoisotopic (exact) mass is 191 g/mol. The van der Waals surface area contributed by atoms with E-state index in [9.17, 15) is 4.39 Å². The minimum absolute atomic E-state index is 0.322. The molecule has 0 atom stereocenters. The van der Waals surface area contributed by atoms with Gasteiger partial charge in [0.15, 0.2) is 0 Å². The van der Waals surface area contributed by atoms with Crippen LogP contribution in [-0.2, 0) is 4.84 Å². The van der Waals surface area contributed by atoms with Crippen LogP contribution in [0, 0.1) is 18.2 Å². The first kappa shape index (κ1) is 10.3. The number of terminal acetylenes is 1. The smallest absolute Gasteiger partial charge is 0.132 e. The summed E-state index contributed by atoms with van der Waals surface area (Å²) in [4.78, 5) is 4.79. The third kappa shape index (κ3) is 3.28. The van der Waals surface area contributed by atoms with Gasteiger partial charge in [0.05, 0.1) is 6.21 Å². The third-order valence-electron chi connectivity index (χ3n) is 1.51. The Bertz CT molecular complexity index is 355. The lowest BCUT2D eigenvalue weighted by atomic mass is 10.2. The Morgan fingerprint density at radius 2 is 2.29 bits per heavy atom. The molecule has 3 heteroatoms. The van der Waals surface area contributed by atoms with E-state index >= 15 is 0 Å². The second-order valence-electron chi connectivity index (χ2n) is 2.54. The largest absolute Gasteiger partial charge is 0.395 e. The van der Waals surface area contributed by atoms with Crippen LogP contribution in [0.2, 0.25) is 0 Å². The standard InChI is InChI=1S/C11H10FNO/c1-2-3-8-14-13-9-10-6-4-5-7-11(10)12/h1,4-7,9H,3,8H2. The van der Waals surface area contributed by atoms with Crippen LogP contribution >= 0.6 is 0 Å². The summed E-state index contributed by atoms with van der Waals surface area (Å²) >= 11 is 0. The molecule has 0 spiro atoms. The van der Waals surface area contributed by atoms with Crippen LogP contribution in [0.1, 0.15) is 12.0 Å². The molecule has 72 valence electrons. The maximum atomic E-state index is 13.0. The normalized spacial score (nSPS) is 10.0. The van der Waals surface area contributed by atoms with Gasteiger partial charge in [0.2, 0.25) is 0 Å². The number of benzene rings is 1. The molecule has 0 fully saturated rings. The van der Waals surface area contributed by atoms with Gasteiger partial charge in [0.25, 0.3) is 0 Å². The summed E-state index contributed by atoms with van der Waals surface area (Å²) in [5.41, 5.74) is 0.396. The molecule has 0 saturated carbocycles. The molecule has 1 aromatic carbocycles. The van der Waals surface area contributed by atoms with E-state index in [2.05, 4.69) is 11.1 Å². The van der Waals surface area contributed by atoms with Gasteiger partial charge in [-0.15, -0.1) is 12.3 Å². The number of halogens is 1. The zero-order valence-corrected chi connectivity index (χ0v) is 7.61. The number of rotatable bonds is 4. The second kappa shape index (κ2) is 5.76. The highest BCUT2D eigenvalue weighted by atomic mass is 19.1. The van der Waals surface area contributed by atoms with Crippen LogP contribution in [0.4, 0.5) is 4.39 Å². The SMILES string of the molecule is C#CCCON=Cc1ccccc1F. The van der Waals surface area contributed by atoms with Gasteiger partial charge in [-0.2, -0.15) is 0 Å². The zero-order chi connectivity index (χ0) is 10.2. The summed E-state index contributed by atoms with van der Waals surface area (Å²) in [7, 11) is 0. The van der Waals surface area contributed by atoms with Crippen molar-refractivity contribution in [1.82, 2.24) is 0 Å². The molecule has 0 aromatic heterocycles. The van der Waals surface area contributed by atoms with Gasteiger partial charge in [0, 0.05) is 12.0 Å². The molecule has 0 aliphatic carbocycles. The van der Waals surface area contributed by atoms with Crippen LogP contribution in [0.3, 0.4) is 0 Å². The minimum atomic E-state index is -0.322. The van der Waals surface area contributed by atoms with E-state index in [1.54, 1.807) is 18.2 Å². The summed E-state index contributed by atoms with van der Waals surface area (Å²) < 4.78 is 13.0. The Morgan fingerprint density at radius 1 is 1.50 bits per heavy atom. The molecule has 14 heavy (non-hydrogen) atoms. The lowest BCUT2D eigenvalue weighted by Gasteiger charge is -1.95. The minimum Gasteiger partial charge on any atom is -0.395 e. The Morgan fingerprint density at radius 3 is 3.00 bits per heavy atom. The van der Waals surface area contributed by atoms with Crippen LogP contribution in [0.15, 0.2) is 29.4 Å². The van der Waals surface area contributed by atoms with Crippen molar-refractivity contribution >= 4 is 6.21 Å². The van der Waals surface area contributed by atoms with Crippen molar-refractivity contribution in [3.8, 4) is 12.3 Å². The van der Waals surface area contributed by atoms with Gasteiger partial charge in [-0.1, -0.05) is 23.4 Å². The van der Waals surface area contributed by atoms with E-state index in [0.717, 1.165) is 0 Å². The molecule has 2 nitrogen and oxygen atoms in total. The first-order valence-electron chi connectivity index (χ1n) is 4.18. The van der Waals surface area contributed by atoms with Crippen molar-refractivity contribution < 1.29 is 9.23 Å². The highest BCUT2D eigenvalue weighted by Gasteiger charge is 1.95. The van der Waals surface area contributed by atoms with Gasteiger partial charge < -0.3 is 4.84 Å². The second-order valence-corrected chi connectivity index (χ2v) is 2.54. The summed E-state index contributed by atoms with van der Waals surface area (Å²) in [6.45, 7) is 0.349. The number of oxime groups is 1. The fourth-order valence-corrected chi connectivity index (χ4v) is 0.831. The van der Waals surface area contributed by atoms with Crippen molar-refractivity contribution in [2.75, 3.05) is 6.61 Å². The van der Waals surface area contributed by atoms with E-state index in [-0.39, 0.29) is 5.82 Å². The highest BCUT2D eigenvalue weighted by molar-refractivity contribution is 5.79. The Hall–Kier alpha value is -1.82. The van der Waals surface area contributed by atoms with Crippen molar-refractivity contribution in [2.24, 2.45) is 5.16 Å². The van der Waals surface area contributed by atoms with Crippen molar-refractivity contribution in [1.29, 1.82) is 0 Å². The molecule has 0 heterocycles. The fourth-order valence-electron chi connectivity index (χ4n) is 0.831. The molecule has 0 radical (unpaired) electrons. The van der Waals surface area contributed by atoms with Gasteiger partial charge in [-0.3, -0.25) is 0 Å². The molecule has 0 aliphatic heterocycles.